The van der Waals surface area contributed by atoms with Crippen LogP contribution in [0.3, 0.4) is 0 Å². The number of aromatic nitrogens is 1. The predicted molar refractivity (Wildman–Crippen MR) is 87.5 cm³/mol. The van der Waals surface area contributed by atoms with Crippen LogP contribution >= 0.6 is 11.3 Å². The summed E-state index contributed by atoms with van der Waals surface area (Å²) in [6.07, 6.45) is 0. The van der Waals surface area contributed by atoms with Crippen molar-refractivity contribution in [2.75, 3.05) is 0 Å². The van der Waals surface area contributed by atoms with E-state index in [1.165, 1.54) is 23.5 Å². The van der Waals surface area contributed by atoms with E-state index in [4.69, 9.17) is 10.0 Å². The van der Waals surface area contributed by atoms with E-state index in [-0.39, 0.29) is 5.46 Å². The van der Waals surface area contributed by atoms with Crippen LogP contribution in [0.4, 0.5) is 4.39 Å². The van der Waals surface area contributed by atoms with Gasteiger partial charge in [0.05, 0.1) is 10.6 Å². The van der Waals surface area contributed by atoms with Crippen molar-refractivity contribution in [1.82, 2.24) is 4.98 Å². The largest absolute Gasteiger partial charge is 0.491 e. The summed E-state index contributed by atoms with van der Waals surface area (Å²) in [5, 5.41) is 19.0. The molecule has 3 aromatic rings. The fourth-order valence-corrected chi connectivity index (χ4v) is 3.31. The van der Waals surface area contributed by atoms with Gasteiger partial charge in [-0.1, -0.05) is 42.5 Å². The maximum absolute atomic E-state index is 13.9. The highest BCUT2D eigenvalue weighted by atomic mass is 32.1. The highest BCUT2D eigenvalue weighted by Crippen LogP contribution is 2.35. The van der Waals surface area contributed by atoms with Crippen molar-refractivity contribution in [3.05, 3.63) is 60.0 Å². The van der Waals surface area contributed by atoms with E-state index < -0.39 is 12.9 Å². The van der Waals surface area contributed by atoms with Crippen molar-refractivity contribution >= 4 is 23.9 Å². The molecule has 3 nitrogen and oxygen atoms in total. The summed E-state index contributed by atoms with van der Waals surface area (Å²) < 4.78 is 13.9. The molecule has 0 unspecified atom stereocenters. The molecule has 0 bridgehead atoms. The zero-order valence-corrected chi connectivity index (χ0v) is 12.6. The Morgan fingerprint density at radius 2 is 1.77 bits per heavy atom. The molecule has 0 amide bonds. The average Bonchev–Trinajstić information content (AvgIpc) is 2.89. The molecule has 2 aromatic carbocycles. The molecule has 0 saturated carbocycles. The number of hydrogen-bond donors (Lipinski definition) is 2. The molecule has 1 aromatic heterocycles. The Labute approximate surface area is 131 Å². The number of rotatable bonds is 3. The standard InChI is InChI=1S/C16H13BFNO2S/c1-10-15(12-7-8-13(17(20)21)14(18)9-12)22-16(19-10)11-5-3-2-4-6-11/h2-9,20-21H,1H3. The third-order valence-electron chi connectivity index (χ3n) is 3.36. The van der Waals surface area contributed by atoms with Crippen LogP contribution in [-0.2, 0) is 0 Å². The Kier molecular flexibility index (Phi) is 4.07. The van der Waals surface area contributed by atoms with Crippen molar-refractivity contribution in [2.24, 2.45) is 0 Å². The van der Waals surface area contributed by atoms with E-state index in [1.54, 1.807) is 6.07 Å². The number of benzene rings is 2. The van der Waals surface area contributed by atoms with E-state index in [9.17, 15) is 4.39 Å². The van der Waals surface area contributed by atoms with Crippen molar-refractivity contribution in [2.45, 2.75) is 6.92 Å². The Morgan fingerprint density at radius 3 is 2.41 bits per heavy atom. The van der Waals surface area contributed by atoms with Gasteiger partial charge in [-0.3, -0.25) is 0 Å². The van der Waals surface area contributed by atoms with Crippen LogP contribution in [0.25, 0.3) is 21.0 Å². The van der Waals surface area contributed by atoms with Crippen molar-refractivity contribution < 1.29 is 14.4 Å². The lowest BCUT2D eigenvalue weighted by molar-refractivity contribution is 0.423. The van der Waals surface area contributed by atoms with Gasteiger partial charge in [-0.15, -0.1) is 11.3 Å². The van der Waals surface area contributed by atoms with E-state index in [2.05, 4.69) is 4.98 Å². The topological polar surface area (TPSA) is 53.4 Å². The molecule has 0 spiro atoms. The molecule has 110 valence electrons. The lowest BCUT2D eigenvalue weighted by Crippen LogP contribution is -2.32. The smallest absolute Gasteiger partial charge is 0.423 e. The van der Waals surface area contributed by atoms with E-state index >= 15 is 0 Å². The number of nitrogens with zero attached hydrogens (tertiary/aromatic N) is 1. The molecular formula is C16H13BFNO2S. The first-order valence-electron chi connectivity index (χ1n) is 6.75. The Bertz CT molecular complexity index is 805. The second kappa shape index (κ2) is 6.00. The maximum atomic E-state index is 13.9. The Morgan fingerprint density at radius 1 is 1.05 bits per heavy atom. The van der Waals surface area contributed by atoms with E-state index in [1.807, 2.05) is 37.3 Å². The van der Waals surface area contributed by atoms with Gasteiger partial charge in [-0.25, -0.2) is 9.37 Å². The SMILES string of the molecule is Cc1nc(-c2ccccc2)sc1-c1ccc(B(O)O)c(F)c1. The molecule has 22 heavy (non-hydrogen) atoms. The first kappa shape index (κ1) is 14.9. The highest BCUT2D eigenvalue weighted by Gasteiger charge is 2.18. The zero-order valence-electron chi connectivity index (χ0n) is 11.8. The summed E-state index contributed by atoms with van der Waals surface area (Å²) >= 11 is 1.49. The van der Waals surface area contributed by atoms with Crippen LogP contribution in [0, 0.1) is 12.7 Å². The summed E-state index contributed by atoms with van der Waals surface area (Å²) in [7, 11) is -1.81. The van der Waals surface area contributed by atoms with Gasteiger partial charge in [0.1, 0.15) is 10.8 Å². The number of halogens is 1. The van der Waals surface area contributed by atoms with Crippen molar-refractivity contribution in [3.63, 3.8) is 0 Å². The average molecular weight is 313 g/mol. The van der Waals surface area contributed by atoms with Gasteiger partial charge < -0.3 is 10.0 Å². The fourth-order valence-electron chi connectivity index (χ4n) is 2.25. The monoisotopic (exact) mass is 313 g/mol. The van der Waals surface area contributed by atoms with Gasteiger partial charge in [0.2, 0.25) is 0 Å². The number of thiazole rings is 1. The summed E-state index contributed by atoms with van der Waals surface area (Å²) in [6.45, 7) is 1.88. The number of aryl methyl sites for hydroxylation is 1. The van der Waals surface area contributed by atoms with Gasteiger partial charge >= 0.3 is 7.12 Å². The molecule has 1 heterocycles. The van der Waals surface area contributed by atoms with Crippen LogP contribution in [0.2, 0.25) is 0 Å². The molecule has 2 N–H and O–H groups in total. The highest BCUT2D eigenvalue weighted by molar-refractivity contribution is 7.18. The summed E-state index contributed by atoms with van der Waals surface area (Å²) in [5.41, 5.74) is 2.39. The Hall–Kier alpha value is -2.02. The molecule has 0 fully saturated rings. The van der Waals surface area contributed by atoms with Crippen LogP contribution in [-0.4, -0.2) is 22.2 Å². The first-order chi connectivity index (χ1) is 10.6. The normalized spacial score (nSPS) is 10.7. The van der Waals surface area contributed by atoms with E-state index in [0.29, 0.717) is 5.56 Å². The molecule has 6 heteroatoms. The second-order valence-electron chi connectivity index (χ2n) is 4.91. The van der Waals surface area contributed by atoms with Gasteiger partial charge in [-0.05, 0) is 18.6 Å². The number of hydrogen-bond acceptors (Lipinski definition) is 4. The molecule has 0 aliphatic heterocycles. The predicted octanol–water partition coefficient (Wildman–Crippen LogP) is 2.60. The zero-order chi connectivity index (χ0) is 15.7. The summed E-state index contributed by atoms with van der Waals surface area (Å²) in [6, 6.07) is 14.2. The van der Waals surface area contributed by atoms with E-state index in [0.717, 1.165) is 21.1 Å². The third kappa shape index (κ3) is 2.81. The minimum atomic E-state index is -1.81. The fraction of sp³-hybridized carbons (Fsp3) is 0.0625. The third-order valence-corrected chi connectivity index (χ3v) is 4.61. The molecule has 0 atom stereocenters. The molecule has 0 aliphatic rings. The minimum Gasteiger partial charge on any atom is -0.423 e. The first-order valence-corrected chi connectivity index (χ1v) is 7.56. The summed E-state index contributed by atoms with van der Waals surface area (Å²) in [4.78, 5) is 5.41. The Balaban J connectivity index is 2.03. The maximum Gasteiger partial charge on any atom is 0.491 e. The molecule has 0 radical (unpaired) electrons. The minimum absolute atomic E-state index is 0.130. The lowest BCUT2D eigenvalue weighted by atomic mass is 9.79. The van der Waals surface area contributed by atoms with Crippen LogP contribution in [0.5, 0.6) is 0 Å². The van der Waals surface area contributed by atoms with Crippen molar-refractivity contribution in [3.8, 4) is 21.0 Å². The van der Waals surface area contributed by atoms with Crippen molar-refractivity contribution in [1.29, 1.82) is 0 Å². The molecular weight excluding hydrogens is 300 g/mol. The van der Waals surface area contributed by atoms with Crippen LogP contribution < -0.4 is 5.46 Å². The summed E-state index contributed by atoms with van der Waals surface area (Å²) in [5.74, 6) is -0.637. The van der Waals surface area contributed by atoms with Crippen LogP contribution in [0.1, 0.15) is 5.69 Å². The quantitative estimate of drug-likeness (QED) is 0.731. The van der Waals surface area contributed by atoms with Gasteiger partial charge in [-0.2, -0.15) is 0 Å². The molecule has 0 saturated heterocycles. The van der Waals surface area contributed by atoms with Gasteiger partial charge in [0.15, 0.2) is 0 Å². The van der Waals surface area contributed by atoms with Gasteiger partial charge in [0, 0.05) is 11.0 Å². The molecule has 3 rings (SSSR count). The van der Waals surface area contributed by atoms with Crippen LogP contribution in [0.15, 0.2) is 48.5 Å². The second-order valence-corrected chi connectivity index (χ2v) is 5.91. The lowest BCUT2D eigenvalue weighted by Gasteiger charge is -2.04. The van der Waals surface area contributed by atoms with Gasteiger partial charge in [0.25, 0.3) is 0 Å². The molecule has 0 aliphatic carbocycles.